The summed E-state index contributed by atoms with van der Waals surface area (Å²) < 4.78 is 50.1. The largest absolute Gasteiger partial charge is 0.433 e. The van der Waals surface area contributed by atoms with E-state index in [0.717, 1.165) is 45.9 Å². The van der Waals surface area contributed by atoms with Crippen molar-refractivity contribution in [3.63, 3.8) is 0 Å². The van der Waals surface area contributed by atoms with E-state index >= 15 is 0 Å². The minimum atomic E-state index is -4.63. The molecule has 8 rings (SSSR count). The van der Waals surface area contributed by atoms with Crippen LogP contribution < -0.4 is 0 Å². The predicted molar refractivity (Wildman–Crippen MR) is 170 cm³/mol. The molecule has 48 heavy (non-hydrogen) atoms. The van der Waals surface area contributed by atoms with E-state index in [0.29, 0.717) is 18.0 Å². The van der Waals surface area contributed by atoms with Crippen molar-refractivity contribution in [2.45, 2.75) is 50.1 Å². The summed E-state index contributed by atoms with van der Waals surface area (Å²) in [6.07, 6.45) is 3.38. The van der Waals surface area contributed by atoms with E-state index in [-0.39, 0.29) is 37.7 Å². The Bertz CT molecular complexity index is 2030. The normalized spacial score (nSPS) is 19.3. The van der Waals surface area contributed by atoms with Crippen molar-refractivity contribution in [1.29, 1.82) is 0 Å². The number of alkyl halides is 3. The Kier molecular flexibility index (Phi) is 7.44. The highest BCUT2D eigenvalue weighted by molar-refractivity contribution is 7.15. The smallest absolute Gasteiger partial charge is 0.364 e. The highest BCUT2D eigenvalue weighted by Gasteiger charge is 2.43. The first-order valence-electron chi connectivity index (χ1n) is 15.7. The van der Waals surface area contributed by atoms with Crippen molar-refractivity contribution in [1.82, 2.24) is 33.9 Å². The molecule has 0 bridgehead atoms. The number of pyridine rings is 1. The average Bonchev–Trinajstić information content (AvgIpc) is 3.59. The number of amides is 2. The van der Waals surface area contributed by atoms with Crippen LogP contribution in [0.5, 0.6) is 0 Å². The van der Waals surface area contributed by atoms with Gasteiger partial charge in [-0.2, -0.15) is 18.3 Å². The minimum absolute atomic E-state index is 0.0233. The van der Waals surface area contributed by atoms with Crippen LogP contribution in [0.4, 0.5) is 13.2 Å². The summed E-state index contributed by atoms with van der Waals surface area (Å²) in [4.78, 5) is 39.2. The molecule has 246 valence electrons. The lowest BCUT2D eigenvalue weighted by molar-refractivity contribution is -0.141. The fraction of sp³-hybridized carbons (Fsp3) is 0.324. The van der Waals surface area contributed by atoms with Crippen molar-refractivity contribution < 1.29 is 27.5 Å². The molecule has 14 heteroatoms. The molecular weight excluding hydrogens is 643 g/mol. The van der Waals surface area contributed by atoms with Gasteiger partial charge in [0.15, 0.2) is 4.96 Å². The van der Waals surface area contributed by atoms with Crippen LogP contribution in [0.15, 0.2) is 73.0 Å². The summed E-state index contributed by atoms with van der Waals surface area (Å²) in [6.45, 7) is 4.42. The Morgan fingerprint density at radius 3 is 2.58 bits per heavy atom. The highest BCUT2D eigenvalue weighted by atomic mass is 32.1. The fourth-order valence-electron chi connectivity index (χ4n) is 6.75. The molecule has 10 nitrogen and oxygen atoms in total. The molecule has 2 atom stereocenters. The van der Waals surface area contributed by atoms with E-state index in [1.54, 1.807) is 16.0 Å². The predicted octanol–water partition coefficient (Wildman–Crippen LogP) is 5.90. The van der Waals surface area contributed by atoms with Crippen LogP contribution in [-0.4, -0.2) is 65.4 Å². The van der Waals surface area contributed by atoms with Gasteiger partial charge in [-0.1, -0.05) is 18.7 Å². The Labute approximate surface area is 277 Å². The third-order valence-electron chi connectivity index (χ3n) is 9.32. The second-order valence-electron chi connectivity index (χ2n) is 12.3. The van der Waals surface area contributed by atoms with Crippen molar-refractivity contribution in [3.05, 3.63) is 112 Å². The van der Waals surface area contributed by atoms with Gasteiger partial charge >= 0.3 is 6.18 Å². The van der Waals surface area contributed by atoms with Gasteiger partial charge in [-0.25, -0.2) is 9.67 Å². The van der Waals surface area contributed by atoms with Gasteiger partial charge in [0.05, 0.1) is 53.7 Å². The Balaban J connectivity index is 1.21. The quantitative estimate of drug-likeness (QED) is 0.200. The van der Waals surface area contributed by atoms with Crippen LogP contribution in [0.3, 0.4) is 0 Å². The van der Waals surface area contributed by atoms with Crippen LogP contribution in [0, 0.1) is 0 Å². The van der Waals surface area contributed by atoms with Crippen molar-refractivity contribution in [3.8, 4) is 5.69 Å². The van der Waals surface area contributed by atoms with E-state index in [2.05, 4.69) is 40.8 Å². The van der Waals surface area contributed by atoms with Gasteiger partial charge in [-0.05, 0) is 54.7 Å². The van der Waals surface area contributed by atoms with Crippen LogP contribution in [0.25, 0.3) is 10.6 Å². The number of rotatable bonds is 7. The number of benzene rings is 1. The molecule has 0 spiro atoms. The zero-order valence-electron chi connectivity index (χ0n) is 25.6. The van der Waals surface area contributed by atoms with Gasteiger partial charge in [-0.15, -0.1) is 11.3 Å². The van der Waals surface area contributed by atoms with Gasteiger partial charge in [0.2, 0.25) is 5.91 Å². The maximum absolute atomic E-state index is 14.0. The molecule has 3 aliphatic rings. The molecule has 1 saturated carbocycles. The maximum Gasteiger partial charge on any atom is 0.433 e. The van der Waals surface area contributed by atoms with E-state index < -0.39 is 29.9 Å². The molecule has 4 aromatic heterocycles. The zero-order chi connectivity index (χ0) is 33.2. The number of halogens is 3. The third kappa shape index (κ3) is 5.38. The number of thiazole rings is 1. The molecule has 5 aromatic rings. The summed E-state index contributed by atoms with van der Waals surface area (Å²) in [7, 11) is 0. The number of imidazole rings is 1. The Morgan fingerprint density at radius 1 is 1.06 bits per heavy atom. The Hall–Kier alpha value is -4.82. The maximum atomic E-state index is 14.0. The molecule has 2 amide bonds. The lowest BCUT2D eigenvalue weighted by Gasteiger charge is -2.37. The first-order chi connectivity index (χ1) is 23.2. The summed E-state index contributed by atoms with van der Waals surface area (Å²) in [6, 6.07) is 9.68. The van der Waals surface area contributed by atoms with Crippen LogP contribution in [-0.2, 0) is 28.7 Å². The van der Waals surface area contributed by atoms with Gasteiger partial charge in [-0.3, -0.25) is 19.0 Å². The van der Waals surface area contributed by atoms with Crippen molar-refractivity contribution in [2.24, 2.45) is 0 Å². The molecule has 6 heterocycles. The topological polar surface area (TPSA) is 97.9 Å². The standard InChI is InChI=1S/C34H30F3N7O3S/c1-2-29(45)41-17-26-30-25(11-12-43(26)32(46)22-7-10-28(38-15-22)34(35,36)37)44(23-8-5-21(6-9-23)20-3-4-20)40-31(30)27(18-41)47-19-24-16-39-33-42(24)13-14-48-33/h2,5-10,13-16,20,26-27H,1,3-4,11-12,17-19H2. The molecule has 1 aliphatic carbocycles. The second-order valence-corrected chi connectivity index (χ2v) is 13.1. The van der Waals surface area contributed by atoms with Gasteiger partial charge in [0, 0.05) is 42.8 Å². The molecule has 2 aliphatic heterocycles. The van der Waals surface area contributed by atoms with Crippen molar-refractivity contribution in [2.75, 3.05) is 19.6 Å². The number of fused-ring (bicyclic) bond motifs is 1. The van der Waals surface area contributed by atoms with E-state index in [4.69, 9.17) is 9.84 Å². The SMILES string of the molecule is C=CC(=O)N1CC(OCc2cnc3sccn23)c2nn(-c3ccc(C4CC4)cc3)c3c2C(C1)N(C(=O)c1ccc(C(F)(F)F)nc1)CC3. The van der Waals surface area contributed by atoms with Crippen LogP contribution in [0.2, 0.25) is 0 Å². The number of hydrogen-bond donors (Lipinski definition) is 0. The van der Waals surface area contributed by atoms with Gasteiger partial charge in [0.25, 0.3) is 5.91 Å². The first-order valence-corrected chi connectivity index (χ1v) is 16.6. The molecule has 0 N–H and O–H groups in total. The van der Waals surface area contributed by atoms with Crippen LogP contribution >= 0.6 is 11.3 Å². The molecule has 0 radical (unpaired) electrons. The average molecular weight is 674 g/mol. The number of aromatic nitrogens is 5. The van der Waals surface area contributed by atoms with Gasteiger partial charge in [0.1, 0.15) is 11.8 Å². The van der Waals surface area contributed by atoms with Crippen LogP contribution in [0.1, 0.15) is 75.2 Å². The Morgan fingerprint density at radius 2 is 1.88 bits per heavy atom. The molecular formula is C34H30F3N7O3S. The van der Waals surface area contributed by atoms with Gasteiger partial charge < -0.3 is 14.5 Å². The summed E-state index contributed by atoms with van der Waals surface area (Å²) in [5, 5.41) is 7.06. The molecule has 0 saturated heterocycles. The fourth-order valence-corrected chi connectivity index (χ4v) is 7.46. The summed E-state index contributed by atoms with van der Waals surface area (Å²) >= 11 is 1.51. The zero-order valence-corrected chi connectivity index (χ0v) is 26.5. The van der Waals surface area contributed by atoms with E-state index in [1.165, 1.54) is 35.8 Å². The highest BCUT2D eigenvalue weighted by Crippen LogP contribution is 2.43. The monoisotopic (exact) mass is 673 g/mol. The third-order valence-corrected chi connectivity index (χ3v) is 10.1. The van der Waals surface area contributed by atoms with E-state index in [9.17, 15) is 22.8 Å². The lowest BCUT2D eigenvalue weighted by Crippen LogP contribution is -2.46. The number of nitrogens with zero attached hydrogens (tertiary/aromatic N) is 7. The number of hydrogen-bond acceptors (Lipinski definition) is 7. The number of carbonyl (C=O) groups is 2. The second kappa shape index (κ2) is 11.7. The number of carbonyl (C=O) groups excluding carboxylic acids is 2. The molecule has 1 fully saturated rings. The number of ether oxygens (including phenoxy) is 1. The van der Waals surface area contributed by atoms with E-state index in [1.807, 2.05) is 20.7 Å². The minimum Gasteiger partial charge on any atom is -0.364 e. The molecule has 2 unspecified atom stereocenters. The summed E-state index contributed by atoms with van der Waals surface area (Å²) in [5.74, 6) is -0.221. The lowest BCUT2D eigenvalue weighted by atomic mass is 9.94. The molecule has 1 aromatic carbocycles. The van der Waals surface area contributed by atoms with Crippen molar-refractivity contribution >= 4 is 28.1 Å². The summed E-state index contributed by atoms with van der Waals surface area (Å²) in [5.41, 5.74) is 4.23. The first kappa shape index (κ1) is 30.5.